The first-order valence-corrected chi connectivity index (χ1v) is 5.91. The molecule has 0 atom stereocenters. The zero-order chi connectivity index (χ0) is 13.4. The molecule has 0 aliphatic rings. The minimum absolute atomic E-state index is 0.101. The third kappa shape index (κ3) is 4.71. The van der Waals surface area contributed by atoms with Crippen molar-refractivity contribution in [2.24, 2.45) is 0 Å². The number of halogens is 1. The molecule has 5 heteroatoms. The maximum absolute atomic E-state index is 13.4. The molecule has 0 aliphatic carbocycles. The maximum atomic E-state index is 13.4. The Morgan fingerprint density at radius 2 is 2.17 bits per heavy atom. The van der Waals surface area contributed by atoms with Gasteiger partial charge in [-0.1, -0.05) is 6.07 Å². The summed E-state index contributed by atoms with van der Waals surface area (Å²) in [5.41, 5.74) is 0.638. The highest BCUT2D eigenvalue weighted by atomic mass is 19.1. The van der Waals surface area contributed by atoms with Crippen molar-refractivity contribution in [3.05, 3.63) is 29.6 Å². The summed E-state index contributed by atoms with van der Waals surface area (Å²) < 4.78 is 18.2. The SMILES string of the molecule is CNCCCNC(=O)Cc1ccc(OC)c(F)c1. The fourth-order valence-electron chi connectivity index (χ4n) is 1.56. The minimum atomic E-state index is -0.446. The molecule has 0 saturated carbocycles. The van der Waals surface area contributed by atoms with Crippen molar-refractivity contribution in [2.75, 3.05) is 27.2 Å². The molecule has 1 amide bonds. The zero-order valence-corrected chi connectivity index (χ0v) is 10.8. The molecule has 0 spiro atoms. The fraction of sp³-hybridized carbons (Fsp3) is 0.462. The Hall–Kier alpha value is -1.62. The van der Waals surface area contributed by atoms with Crippen LogP contribution in [-0.2, 0) is 11.2 Å². The van der Waals surface area contributed by atoms with E-state index < -0.39 is 5.82 Å². The summed E-state index contributed by atoms with van der Waals surface area (Å²) in [5.74, 6) is -0.359. The third-order valence-corrected chi connectivity index (χ3v) is 2.51. The second-order valence-corrected chi connectivity index (χ2v) is 3.95. The summed E-state index contributed by atoms with van der Waals surface area (Å²) >= 11 is 0. The van der Waals surface area contributed by atoms with Crippen molar-refractivity contribution >= 4 is 5.91 Å². The van der Waals surface area contributed by atoms with Crippen molar-refractivity contribution in [2.45, 2.75) is 12.8 Å². The monoisotopic (exact) mass is 254 g/mol. The van der Waals surface area contributed by atoms with Gasteiger partial charge in [-0.2, -0.15) is 0 Å². The summed E-state index contributed by atoms with van der Waals surface area (Å²) in [5, 5.41) is 5.78. The van der Waals surface area contributed by atoms with Crippen LogP contribution in [0.5, 0.6) is 5.75 Å². The Balaban J connectivity index is 2.42. The van der Waals surface area contributed by atoms with Crippen LogP contribution in [0.1, 0.15) is 12.0 Å². The molecule has 0 fully saturated rings. The molecule has 1 rings (SSSR count). The first-order valence-electron chi connectivity index (χ1n) is 5.91. The Bertz CT molecular complexity index is 397. The van der Waals surface area contributed by atoms with E-state index in [1.165, 1.54) is 19.2 Å². The van der Waals surface area contributed by atoms with Gasteiger partial charge in [-0.05, 0) is 37.7 Å². The van der Waals surface area contributed by atoms with Gasteiger partial charge in [0, 0.05) is 6.54 Å². The van der Waals surface area contributed by atoms with E-state index in [4.69, 9.17) is 4.74 Å². The number of nitrogens with one attached hydrogen (secondary N) is 2. The largest absolute Gasteiger partial charge is 0.494 e. The quantitative estimate of drug-likeness (QED) is 0.716. The summed E-state index contributed by atoms with van der Waals surface area (Å²) in [6.07, 6.45) is 1.06. The number of hydrogen-bond donors (Lipinski definition) is 2. The van der Waals surface area contributed by atoms with Gasteiger partial charge < -0.3 is 15.4 Å². The normalized spacial score (nSPS) is 10.2. The van der Waals surface area contributed by atoms with Crippen molar-refractivity contribution in [1.82, 2.24) is 10.6 Å². The van der Waals surface area contributed by atoms with Gasteiger partial charge in [0.2, 0.25) is 5.91 Å². The summed E-state index contributed by atoms with van der Waals surface area (Å²) in [6.45, 7) is 1.48. The number of methoxy groups -OCH3 is 1. The van der Waals surface area contributed by atoms with E-state index in [0.29, 0.717) is 12.1 Å². The second-order valence-electron chi connectivity index (χ2n) is 3.95. The Kier molecular flexibility index (Phi) is 6.14. The maximum Gasteiger partial charge on any atom is 0.224 e. The van der Waals surface area contributed by atoms with Crippen LogP contribution < -0.4 is 15.4 Å². The molecular formula is C13H19FN2O2. The van der Waals surface area contributed by atoms with Gasteiger partial charge in [0.15, 0.2) is 11.6 Å². The van der Waals surface area contributed by atoms with Crippen molar-refractivity contribution in [3.63, 3.8) is 0 Å². The van der Waals surface area contributed by atoms with Crippen molar-refractivity contribution in [3.8, 4) is 5.75 Å². The van der Waals surface area contributed by atoms with E-state index in [1.54, 1.807) is 6.07 Å². The highest BCUT2D eigenvalue weighted by Crippen LogP contribution is 2.17. The first kappa shape index (κ1) is 14.4. The lowest BCUT2D eigenvalue weighted by molar-refractivity contribution is -0.120. The molecule has 0 unspecified atom stereocenters. The van der Waals surface area contributed by atoms with Crippen LogP contribution in [0.2, 0.25) is 0 Å². The smallest absolute Gasteiger partial charge is 0.224 e. The molecule has 0 radical (unpaired) electrons. The van der Waals surface area contributed by atoms with E-state index in [9.17, 15) is 9.18 Å². The Morgan fingerprint density at radius 3 is 2.78 bits per heavy atom. The van der Waals surface area contributed by atoms with Crippen LogP contribution in [0.3, 0.4) is 0 Å². The van der Waals surface area contributed by atoms with Crippen LogP contribution in [-0.4, -0.2) is 33.2 Å². The van der Waals surface area contributed by atoms with Gasteiger partial charge >= 0.3 is 0 Å². The molecule has 0 bridgehead atoms. The second kappa shape index (κ2) is 7.66. The summed E-state index contributed by atoms with van der Waals surface area (Å²) in [6, 6.07) is 4.54. The average Bonchev–Trinajstić information content (AvgIpc) is 2.35. The first-order chi connectivity index (χ1) is 8.67. The van der Waals surface area contributed by atoms with E-state index in [0.717, 1.165) is 13.0 Å². The van der Waals surface area contributed by atoms with Gasteiger partial charge in [-0.25, -0.2) is 4.39 Å². The number of hydrogen-bond acceptors (Lipinski definition) is 3. The molecule has 100 valence electrons. The zero-order valence-electron chi connectivity index (χ0n) is 10.8. The molecular weight excluding hydrogens is 235 g/mol. The highest BCUT2D eigenvalue weighted by molar-refractivity contribution is 5.78. The fourth-order valence-corrected chi connectivity index (χ4v) is 1.56. The summed E-state index contributed by atoms with van der Waals surface area (Å²) in [7, 11) is 3.27. The Labute approximate surface area is 107 Å². The van der Waals surface area contributed by atoms with Gasteiger partial charge in [-0.3, -0.25) is 4.79 Å². The van der Waals surface area contributed by atoms with Crippen LogP contribution in [0.4, 0.5) is 4.39 Å². The van der Waals surface area contributed by atoms with Crippen molar-refractivity contribution in [1.29, 1.82) is 0 Å². The lowest BCUT2D eigenvalue weighted by Gasteiger charge is -2.06. The van der Waals surface area contributed by atoms with Gasteiger partial charge in [0.05, 0.1) is 13.5 Å². The molecule has 18 heavy (non-hydrogen) atoms. The van der Waals surface area contributed by atoms with Crippen LogP contribution >= 0.6 is 0 Å². The molecule has 4 nitrogen and oxygen atoms in total. The van der Waals surface area contributed by atoms with E-state index in [-0.39, 0.29) is 18.1 Å². The lowest BCUT2D eigenvalue weighted by atomic mass is 10.1. The van der Waals surface area contributed by atoms with Crippen molar-refractivity contribution < 1.29 is 13.9 Å². The Morgan fingerprint density at radius 1 is 1.39 bits per heavy atom. The molecule has 0 aliphatic heterocycles. The summed E-state index contributed by atoms with van der Waals surface area (Å²) in [4.78, 5) is 11.6. The predicted octanol–water partition coefficient (Wildman–Crippen LogP) is 1.10. The number of ether oxygens (including phenoxy) is 1. The van der Waals surface area contributed by atoms with Crippen LogP contribution in [0.15, 0.2) is 18.2 Å². The third-order valence-electron chi connectivity index (χ3n) is 2.51. The topological polar surface area (TPSA) is 50.4 Å². The van der Waals surface area contributed by atoms with E-state index >= 15 is 0 Å². The minimum Gasteiger partial charge on any atom is -0.494 e. The van der Waals surface area contributed by atoms with Gasteiger partial charge in [0.25, 0.3) is 0 Å². The van der Waals surface area contributed by atoms with E-state index in [1.807, 2.05) is 7.05 Å². The number of carbonyl (C=O) groups excluding carboxylic acids is 1. The van der Waals surface area contributed by atoms with E-state index in [2.05, 4.69) is 10.6 Å². The standard InChI is InChI=1S/C13H19FN2O2/c1-15-6-3-7-16-13(17)9-10-4-5-12(18-2)11(14)8-10/h4-5,8,15H,3,6-7,9H2,1-2H3,(H,16,17). The number of benzene rings is 1. The average molecular weight is 254 g/mol. The number of amides is 1. The molecule has 2 N–H and O–H groups in total. The van der Waals surface area contributed by atoms with Crippen LogP contribution in [0, 0.1) is 5.82 Å². The number of rotatable bonds is 7. The molecule has 0 aromatic heterocycles. The number of carbonyl (C=O) groups is 1. The molecule has 0 saturated heterocycles. The lowest BCUT2D eigenvalue weighted by Crippen LogP contribution is -2.27. The molecule has 1 aromatic rings. The highest BCUT2D eigenvalue weighted by Gasteiger charge is 2.07. The van der Waals surface area contributed by atoms with Gasteiger partial charge in [0.1, 0.15) is 0 Å². The van der Waals surface area contributed by atoms with Crippen LogP contribution in [0.25, 0.3) is 0 Å². The molecule has 0 heterocycles. The van der Waals surface area contributed by atoms with Gasteiger partial charge in [-0.15, -0.1) is 0 Å². The predicted molar refractivity (Wildman–Crippen MR) is 68.2 cm³/mol. The molecule has 1 aromatic carbocycles.